The molecule has 0 fully saturated rings. The van der Waals surface area contributed by atoms with Crippen molar-refractivity contribution in [2.45, 2.75) is 13.3 Å². The number of allylic oxidation sites excluding steroid dienone is 1. The summed E-state index contributed by atoms with van der Waals surface area (Å²) in [5.74, 6) is 0. The van der Waals surface area contributed by atoms with Gasteiger partial charge in [0.05, 0.1) is 1.37 Å². The van der Waals surface area contributed by atoms with E-state index in [1.807, 2.05) is 6.92 Å². The van der Waals surface area contributed by atoms with Gasteiger partial charge in [-0.3, -0.25) is 0 Å². The third-order valence-electron chi connectivity index (χ3n) is 0.287. The van der Waals surface area contributed by atoms with Gasteiger partial charge >= 0.3 is 0 Å². The van der Waals surface area contributed by atoms with Crippen molar-refractivity contribution < 1.29 is 38.9 Å². The minimum Gasteiger partial charge on any atom is -0.338 e. The van der Waals surface area contributed by atoms with Gasteiger partial charge in [0.15, 0.2) is 0 Å². The molecule has 0 aromatic heterocycles. The maximum Gasteiger partial charge on any atom is 0.0680 e. The van der Waals surface area contributed by atoms with Gasteiger partial charge in [0.1, 0.15) is 0 Å². The van der Waals surface area contributed by atoms with Crippen molar-refractivity contribution in [1.29, 1.82) is 0 Å². The molecule has 1 radical (unpaired) electrons. The topological polar surface area (TPSA) is 17.1 Å². The van der Waals surface area contributed by atoms with Crippen LogP contribution in [0.5, 0.6) is 0 Å². The maximum absolute atomic E-state index is 9.65. The van der Waals surface area contributed by atoms with E-state index < -0.39 is 6.26 Å². The van der Waals surface area contributed by atoms with Gasteiger partial charge in [-0.25, -0.2) is 19.6 Å². The molecule has 2 heteroatoms. The Balaban J connectivity index is -0.000000107. The predicted octanol–water partition coefficient (Wildman–Crippen LogP) is 1.80. The van der Waals surface area contributed by atoms with Gasteiger partial charge in [0.2, 0.25) is 0 Å². The molecular formula is C7H12OY-2. The fourth-order valence-electron chi connectivity index (χ4n) is 0.0833. The molecule has 0 atom stereocenters. The van der Waals surface area contributed by atoms with Crippen molar-refractivity contribution in [1.82, 2.24) is 0 Å². The van der Waals surface area contributed by atoms with Crippen LogP contribution in [-0.2, 0) is 37.5 Å². The summed E-state index contributed by atoms with van der Waals surface area (Å²) in [6, 6.07) is 0. The van der Waals surface area contributed by atoms with Crippen molar-refractivity contribution in [3.05, 3.63) is 26.0 Å². The first-order valence-corrected chi connectivity index (χ1v) is 2.42. The SMILES string of the molecule is C=C[CH2-].[2H]C(=O)[CH-]CC.[Y]. The van der Waals surface area contributed by atoms with E-state index in [2.05, 4.69) is 13.5 Å². The van der Waals surface area contributed by atoms with Crippen LogP contribution >= 0.6 is 0 Å². The summed E-state index contributed by atoms with van der Waals surface area (Å²) >= 11 is 0. The van der Waals surface area contributed by atoms with Crippen molar-refractivity contribution in [2.75, 3.05) is 0 Å². The van der Waals surface area contributed by atoms with Crippen LogP contribution in [0.4, 0.5) is 0 Å². The fraction of sp³-hybridized carbons (Fsp3) is 0.286. The van der Waals surface area contributed by atoms with Gasteiger partial charge in [-0.1, -0.05) is 6.92 Å². The number of hydrogen-bond acceptors (Lipinski definition) is 1. The summed E-state index contributed by atoms with van der Waals surface area (Å²) < 4.78 is 6.28. The molecule has 0 unspecified atom stereocenters. The molecule has 0 bridgehead atoms. The average Bonchev–Trinajstić information content (AvgIpc) is 1.67. The van der Waals surface area contributed by atoms with Crippen molar-refractivity contribution in [2.24, 2.45) is 0 Å². The van der Waals surface area contributed by atoms with Gasteiger partial charge < -0.3 is 11.2 Å². The third-order valence-corrected chi connectivity index (χ3v) is 0.287. The fourth-order valence-corrected chi connectivity index (χ4v) is 0.0833. The second kappa shape index (κ2) is 24.0. The summed E-state index contributed by atoms with van der Waals surface area (Å²) in [6.45, 7) is 8.33. The number of rotatable bonds is 2. The molecule has 0 saturated heterocycles. The van der Waals surface area contributed by atoms with Gasteiger partial charge in [-0.05, 0) is 6.26 Å². The smallest absolute Gasteiger partial charge is 0.0680 e. The number of hydrogen-bond donors (Lipinski definition) is 0. The molecule has 0 aromatic rings. The molecule has 0 aromatic carbocycles. The van der Waals surface area contributed by atoms with Gasteiger partial charge in [0.25, 0.3) is 0 Å². The molecule has 0 amide bonds. The minimum absolute atomic E-state index is 0. The Hall–Kier alpha value is 0.254. The standard InChI is InChI=1S/C4H7O.C3H5.Y/c1-2-3-4-5;1-3-2;/h3-4H,2H2,1H3;3H,1-2H2;/q2*-1;/i4D;;. The predicted molar refractivity (Wildman–Crippen MR) is 36.2 cm³/mol. The largest absolute Gasteiger partial charge is 0.338 e. The number of aldehydes is 1. The van der Waals surface area contributed by atoms with Crippen LogP contribution in [-0.4, -0.2) is 6.26 Å². The molecule has 0 aliphatic rings. The van der Waals surface area contributed by atoms with E-state index in [-0.39, 0.29) is 32.7 Å². The molecule has 0 spiro atoms. The quantitative estimate of drug-likeness (QED) is 0.493. The average molecular weight is 202 g/mol. The third kappa shape index (κ3) is 63.5. The molecule has 9 heavy (non-hydrogen) atoms. The van der Waals surface area contributed by atoms with E-state index in [0.717, 1.165) is 0 Å². The summed E-state index contributed by atoms with van der Waals surface area (Å²) in [4.78, 5) is 9.65. The zero-order valence-electron chi connectivity index (χ0n) is 6.76. The van der Waals surface area contributed by atoms with E-state index in [4.69, 9.17) is 1.37 Å². The Bertz CT molecular complexity index is 83.7. The summed E-state index contributed by atoms with van der Waals surface area (Å²) in [6.07, 6.45) is 2.90. The molecule has 0 aliphatic heterocycles. The molecule has 0 N–H and O–H groups in total. The summed E-state index contributed by atoms with van der Waals surface area (Å²) in [7, 11) is 0. The van der Waals surface area contributed by atoms with Gasteiger partial charge in [-0.15, -0.1) is 0 Å². The summed E-state index contributed by atoms with van der Waals surface area (Å²) in [5.41, 5.74) is 0. The summed E-state index contributed by atoms with van der Waals surface area (Å²) in [5, 5.41) is 0. The number of carbonyl (C=O) groups is 1. The van der Waals surface area contributed by atoms with Crippen LogP contribution < -0.4 is 0 Å². The van der Waals surface area contributed by atoms with Crippen LogP contribution in [0.1, 0.15) is 14.7 Å². The first-order valence-electron chi connectivity index (χ1n) is 2.92. The second-order valence-corrected chi connectivity index (χ2v) is 1.02. The Labute approximate surface area is 84.2 Å². The van der Waals surface area contributed by atoms with Crippen LogP contribution in [0.2, 0.25) is 0 Å². The van der Waals surface area contributed by atoms with Crippen LogP contribution in [0, 0.1) is 13.3 Å². The van der Waals surface area contributed by atoms with Crippen molar-refractivity contribution >= 4 is 6.26 Å². The van der Waals surface area contributed by atoms with Crippen molar-refractivity contribution in [3.8, 4) is 0 Å². The zero-order chi connectivity index (χ0) is 7.70. The minimum atomic E-state index is -0.586. The van der Waals surface area contributed by atoms with E-state index in [1.54, 1.807) is 0 Å². The molecule has 0 rings (SSSR count). The maximum atomic E-state index is 9.65. The molecule has 0 aliphatic carbocycles. The van der Waals surface area contributed by atoms with Crippen LogP contribution in [0.25, 0.3) is 0 Å². The Morgan fingerprint density at radius 1 is 2.00 bits per heavy atom. The Kier molecular flexibility index (Phi) is 32.0. The normalized spacial score (nSPS) is 6.56. The van der Waals surface area contributed by atoms with E-state index in [9.17, 15) is 4.79 Å². The molecular weight excluding hydrogens is 189 g/mol. The van der Waals surface area contributed by atoms with Crippen molar-refractivity contribution in [3.63, 3.8) is 0 Å². The van der Waals surface area contributed by atoms with Crippen LogP contribution in [0.15, 0.2) is 12.7 Å². The monoisotopic (exact) mass is 202 g/mol. The molecule has 1 nitrogen and oxygen atoms in total. The van der Waals surface area contributed by atoms with E-state index >= 15 is 0 Å². The molecule has 0 heterocycles. The Morgan fingerprint density at radius 2 is 2.33 bits per heavy atom. The number of carbonyl (C=O) groups excluding carboxylic acids is 1. The first-order chi connectivity index (χ1) is 4.18. The molecule has 0 saturated carbocycles. The first kappa shape index (κ1) is 12.0. The molecule has 51 valence electrons. The zero-order valence-corrected chi connectivity index (χ0v) is 8.60. The Morgan fingerprint density at radius 3 is 2.33 bits per heavy atom. The van der Waals surface area contributed by atoms with Gasteiger partial charge in [0, 0.05) is 32.7 Å². The van der Waals surface area contributed by atoms with E-state index in [0.29, 0.717) is 6.42 Å². The van der Waals surface area contributed by atoms with Gasteiger partial charge in [-0.2, -0.15) is 6.42 Å². The van der Waals surface area contributed by atoms with E-state index in [1.165, 1.54) is 12.5 Å². The second-order valence-electron chi connectivity index (χ2n) is 1.02. The van der Waals surface area contributed by atoms with Crippen LogP contribution in [0.3, 0.4) is 0 Å².